The molecule has 2 fully saturated rings. The molecule has 21 heavy (non-hydrogen) atoms. The van der Waals surface area contributed by atoms with E-state index in [4.69, 9.17) is 0 Å². The summed E-state index contributed by atoms with van der Waals surface area (Å²) in [7, 11) is 0. The Morgan fingerprint density at radius 2 is 1.90 bits per heavy atom. The van der Waals surface area contributed by atoms with E-state index in [1.807, 2.05) is 25.1 Å². The van der Waals surface area contributed by atoms with Crippen LogP contribution in [0.2, 0.25) is 0 Å². The lowest BCUT2D eigenvalue weighted by atomic mass is 9.83. The minimum Gasteiger partial charge on any atom is -0.335 e. The molecule has 114 valence electrons. The number of carbonyl (C=O) groups is 1. The molecule has 0 radical (unpaired) electrons. The maximum Gasteiger partial charge on any atom is 0.254 e. The third-order valence-electron chi connectivity index (χ3n) is 5.16. The lowest BCUT2D eigenvalue weighted by molar-refractivity contribution is 0.0661. The van der Waals surface area contributed by atoms with Gasteiger partial charge >= 0.3 is 0 Å². The fourth-order valence-electron chi connectivity index (χ4n) is 4.00. The highest BCUT2D eigenvalue weighted by atomic mass is 79.9. The number of amides is 1. The average Bonchev–Trinajstić information content (AvgIpc) is 2.99. The molecule has 1 aromatic rings. The summed E-state index contributed by atoms with van der Waals surface area (Å²) in [6.45, 7) is 2.98. The summed E-state index contributed by atoms with van der Waals surface area (Å²) < 4.78 is 1.07. The van der Waals surface area contributed by atoms with Gasteiger partial charge in [0, 0.05) is 22.6 Å². The molecule has 1 atom stereocenters. The normalized spacial score (nSPS) is 23.5. The minimum atomic E-state index is 0.235. The van der Waals surface area contributed by atoms with Crippen LogP contribution in [0.3, 0.4) is 0 Å². The zero-order valence-electron chi connectivity index (χ0n) is 12.8. The lowest BCUT2D eigenvalue weighted by Gasteiger charge is -2.34. The van der Waals surface area contributed by atoms with Crippen LogP contribution >= 0.6 is 15.9 Å². The molecule has 3 rings (SSSR count). The predicted octanol–water partition coefficient (Wildman–Crippen LogP) is 4.94. The van der Waals surface area contributed by atoms with E-state index in [0.717, 1.165) is 28.1 Å². The van der Waals surface area contributed by atoms with Gasteiger partial charge in [0.1, 0.15) is 0 Å². The molecular formula is C18H24BrNO. The van der Waals surface area contributed by atoms with Crippen LogP contribution in [0.15, 0.2) is 22.7 Å². The molecule has 1 amide bonds. The first-order valence-electron chi connectivity index (χ1n) is 8.24. The smallest absolute Gasteiger partial charge is 0.254 e. The van der Waals surface area contributed by atoms with Gasteiger partial charge in [-0.15, -0.1) is 0 Å². The van der Waals surface area contributed by atoms with Crippen molar-refractivity contribution in [1.29, 1.82) is 0 Å². The molecule has 0 bridgehead atoms. The number of aryl methyl sites for hydroxylation is 1. The molecule has 1 aromatic carbocycles. The molecule has 0 spiro atoms. The maximum atomic E-state index is 12.9. The topological polar surface area (TPSA) is 20.3 Å². The Morgan fingerprint density at radius 1 is 1.14 bits per heavy atom. The van der Waals surface area contributed by atoms with Gasteiger partial charge in [-0.25, -0.2) is 0 Å². The summed E-state index contributed by atoms with van der Waals surface area (Å²) in [6, 6.07) is 6.45. The first-order chi connectivity index (χ1) is 10.2. The molecule has 0 aromatic heterocycles. The lowest BCUT2D eigenvalue weighted by Crippen LogP contribution is -2.40. The summed E-state index contributed by atoms with van der Waals surface area (Å²) in [5, 5.41) is 0. The van der Waals surface area contributed by atoms with Crippen LogP contribution in [0.1, 0.15) is 60.9 Å². The average molecular weight is 350 g/mol. The summed E-state index contributed by atoms with van der Waals surface area (Å²) in [6.07, 6.45) is 9.07. The number of hydrogen-bond acceptors (Lipinski definition) is 1. The molecule has 0 N–H and O–H groups in total. The highest BCUT2D eigenvalue weighted by Gasteiger charge is 2.35. The van der Waals surface area contributed by atoms with Crippen molar-refractivity contribution >= 4 is 21.8 Å². The van der Waals surface area contributed by atoms with E-state index in [1.165, 1.54) is 44.9 Å². The fourth-order valence-corrected chi connectivity index (χ4v) is 4.24. The third kappa shape index (κ3) is 3.18. The van der Waals surface area contributed by atoms with Crippen LogP contribution in [0.4, 0.5) is 0 Å². The third-order valence-corrected chi connectivity index (χ3v) is 6.05. The van der Waals surface area contributed by atoms with Crippen LogP contribution < -0.4 is 0 Å². The molecule has 1 saturated carbocycles. The Morgan fingerprint density at radius 3 is 2.62 bits per heavy atom. The Labute approximate surface area is 136 Å². The van der Waals surface area contributed by atoms with Crippen LogP contribution in [-0.4, -0.2) is 23.4 Å². The van der Waals surface area contributed by atoms with E-state index >= 15 is 0 Å². The molecule has 1 unspecified atom stereocenters. The standard InChI is InChI=1S/C18H24BrNO/c1-13-12-15(9-10-16(13)19)18(21)20-11-5-8-17(20)14-6-3-2-4-7-14/h9-10,12,14,17H,2-8,11H2,1H3. The second kappa shape index (κ2) is 6.51. The highest BCUT2D eigenvalue weighted by Crippen LogP contribution is 2.35. The first-order valence-corrected chi connectivity index (χ1v) is 9.03. The van der Waals surface area contributed by atoms with Gasteiger partial charge in [-0.05, 0) is 62.3 Å². The summed E-state index contributed by atoms with van der Waals surface area (Å²) in [4.78, 5) is 15.0. The van der Waals surface area contributed by atoms with Gasteiger partial charge in [-0.3, -0.25) is 4.79 Å². The second-order valence-electron chi connectivity index (χ2n) is 6.57. The quantitative estimate of drug-likeness (QED) is 0.740. The minimum absolute atomic E-state index is 0.235. The maximum absolute atomic E-state index is 12.9. The molecule has 3 heteroatoms. The number of nitrogens with zero attached hydrogens (tertiary/aromatic N) is 1. The van der Waals surface area contributed by atoms with Crippen LogP contribution in [0.5, 0.6) is 0 Å². The van der Waals surface area contributed by atoms with E-state index in [0.29, 0.717) is 6.04 Å². The van der Waals surface area contributed by atoms with Crippen molar-refractivity contribution in [2.24, 2.45) is 5.92 Å². The zero-order valence-corrected chi connectivity index (χ0v) is 14.4. The van der Waals surface area contributed by atoms with Crippen LogP contribution in [0.25, 0.3) is 0 Å². The summed E-state index contributed by atoms with van der Waals surface area (Å²) in [5.41, 5.74) is 1.98. The van der Waals surface area contributed by atoms with Gasteiger partial charge in [0.2, 0.25) is 0 Å². The molecule has 1 aliphatic carbocycles. The summed E-state index contributed by atoms with van der Waals surface area (Å²) in [5.74, 6) is 0.973. The van der Waals surface area contributed by atoms with Crippen LogP contribution in [0, 0.1) is 12.8 Å². The Balaban J connectivity index is 1.77. The van der Waals surface area contributed by atoms with E-state index in [2.05, 4.69) is 20.8 Å². The molecule has 1 aliphatic heterocycles. The van der Waals surface area contributed by atoms with Crippen molar-refractivity contribution in [2.75, 3.05) is 6.54 Å². The molecule has 2 nitrogen and oxygen atoms in total. The molecule has 1 heterocycles. The van der Waals surface area contributed by atoms with Crippen molar-refractivity contribution in [3.63, 3.8) is 0 Å². The Hall–Kier alpha value is -0.830. The summed E-state index contributed by atoms with van der Waals surface area (Å²) >= 11 is 3.51. The van der Waals surface area contributed by atoms with Crippen molar-refractivity contribution < 1.29 is 4.79 Å². The van der Waals surface area contributed by atoms with Gasteiger partial charge < -0.3 is 4.90 Å². The molecule has 1 saturated heterocycles. The monoisotopic (exact) mass is 349 g/mol. The van der Waals surface area contributed by atoms with E-state index < -0.39 is 0 Å². The number of benzene rings is 1. The predicted molar refractivity (Wildman–Crippen MR) is 89.5 cm³/mol. The van der Waals surface area contributed by atoms with E-state index in [9.17, 15) is 4.79 Å². The van der Waals surface area contributed by atoms with Crippen molar-refractivity contribution in [1.82, 2.24) is 4.90 Å². The SMILES string of the molecule is Cc1cc(C(=O)N2CCCC2C2CCCCC2)ccc1Br. The number of hydrogen-bond donors (Lipinski definition) is 0. The van der Waals surface area contributed by atoms with Gasteiger partial charge in [0.15, 0.2) is 0 Å². The molecule has 2 aliphatic rings. The number of halogens is 1. The largest absolute Gasteiger partial charge is 0.335 e. The second-order valence-corrected chi connectivity index (χ2v) is 7.42. The van der Waals surface area contributed by atoms with Gasteiger partial charge in [0.25, 0.3) is 5.91 Å². The van der Waals surface area contributed by atoms with E-state index in [1.54, 1.807) is 0 Å². The zero-order chi connectivity index (χ0) is 14.8. The Bertz CT molecular complexity index is 522. The Kier molecular flexibility index (Phi) is 4.68. The number of rotatable bonds is 2. The van der Waals surface area contributed by atoms with E-state index in [-0.39, 0.29) is 5.91 Å². The van der Waals surface area contributed by atoms with Crippen LogP contribution in [-0.2, 0) is 0 Å². The van der Waals surface area contributed by atoms with Crippen molar-refractivity contribution in [3.8, 4) is 0 Å². The number of likely N-dealkylation sites (tertiary alicyclic amines) is 1. The molecular weight excluding hydrogens is 326 g/mol. The van der Waals surface area contributed by atoms with Crippen molar-refractivity contribution in [3.05, 3.63) is 33.8 Å². The van der Waals surface area contributed by atoms with Gasteiger partial charge in [-0.1, -0.05) is 35.2 Å². The van der Waals surface area contributed by atoms with Gasteiger partial charge in [0.05, 0.1) is 0 Å². The first kappa shape index (κ1) is 15.1. The highest BCUT2D eigenvalue weighted by molar-refractivity contribution is 9.10. The van der Waals surface area contributed by atoms with Gasteiger partial charge in [-0.2, -0.15) is 0 Å². The van der Waals surface area contributed by atoms with Crippen molar-refractivity contribution in [2.45, 2.75) is 57.9 Å². The number of carbonyl (C=O) groups excluding carboxylic acids is 1. The fraction of sp³-hybridized carbons (Fsp3) is 0.611.